The molecule has 64 valence electrons. The molecule has 0 bridgehead atoms. The van der Waals surface area contributed by atoms with Gasteiger partial charge in [-0.25, -0.2) is 4.13 Å². The average molecular weight is 195 g/mol. The van der Waals surface area contributed by atoms with Gasteiger partial charge in [-0.3, -0.25) is 0 Å². The van der Waals surface area contributed by atoms with Crippen LogP contribution >= 0.6 is 23.0 Å². The van der Waals surface area contributed by atoms with Gasteiger partial charge in [0.15, 0.2) is 0 Å². The van der Waals surface area contributed by atoms with Gasteiger partial charge in [-0.05, 0) is 6.26 Å². The molecule has 10 heavy (non-hydrogen) atoms. The summed E-state index contributed by atoms with van der Waals surface area (Å²) in [7, 11) is -3.16. The molecule has 0 saturated carbocycles. The van der Waals surface area contributed by atoms with E-state index in [1.807, 2.05) is 0 Å². The molecule has 7 heteroatoms. The molecule has 0 aromatic carbocycles. The van der Waals surface area contributed by atoms with Crippen LogP contribution in [0.2, 0.25) is 0 Å². The van der Waals surface area contributed by atoms with Crippen LogP contribution in [-0.4, -0.2) is 22.8 Å². The van der Waals surface area contributed by atoms with Gasteiger partial charge in [-0.1, -0.05) is 23.0 Å². The maximum absolute atomic E-state index is 11.9. The van der Waals surface area contributed by atoms with Gasteiger partial charge in [0, 0.05) is 0 Å². The lowest BCUT2D eigenvalue weighted by atomic mass is 11.5. The monoisotopic (exact) mass is 195 g/mol. The summed E-state index contributed by atoms with van der Waals surface area (Å²) in [6.07, 6.45) is 0.903. The lowest BCUT2D eigenvalue weighted by molar-refractivity contribution is -0.0397. The Hall–Kier alpha value is 0.410. The maximum atomic E-state index is 11.9. The van der Waals surface area contributed by atoms with Gasteiger partial charge in [-0.15, -0.1) is 0 Å². The Bertz CT molecular complexity index is 113. The van der Waals surface area contributed by atoms with Gasteiger partial charge in [0.05, 0.1) is 5.94 Å². The molecule has 0 spiro atoms. The van der Waals surface area contributed by atoms with Crippen LogP contribution in [0, 0.1) is 0 Å². The number of aliphatic hydroxyl groups excluding tert-OH is 1. The van der Waals surface area contributed by atoms with Crippen molar-refractivity contribution in [3.8, 4) is 0 Å². The number of alkyl halides is 3. The molecule has 1 atom stereocenters. The zero-order chi connectivity index (χ0) is 8.41. The number of rotatable bonds is 2. The number of hydrogen-bond acceptors (Lipinski definition) is 3. The van der Waals surface area contributed by atoms with Gasteiger partial charge in [0.1, 0.15) is 0 Å². The van der Waals surface area contributed by atoms with Crippen molar-refractivity contribution in [2.24, 2.45) is 0 Å². The summed E-state index contributed by atoms with van der Waals surface area (Å²) < 4.78 is 37.4. The molecule has 0 fully saturated rings. The molecule has 0 aromatic rings. The van der Waals surface area contributed by atoms with Crippen molar-refractivity contribution >= 4 is 23.0 Å². The number of halogens is 3. The summed E-state index contributed by atoms with van der Waals surface area (Å²) in [5.74, 6) is -0.944. The van der Waals surface area contributed by atoms with Crippen LogP contribution in [-0.2, 0) is 0 Å². The first kappa shape index (κ1) is 10.4. The molecule has 2 nitrogen and oxygen atoms in total. The molecule has 0 aromatic heterocycles. The molecule has 0 radical (unpaired) electrons. The molecule has 0 rings (SSSR count). The molecule has 0 aliphatic rings. The summed E-state index contributed by atoms with van der Waals surface area (Å²) in [4.78, 5) is 0. The van der Waals surface area contributed by atoms with Crippen molar-refractivity contribution in [2.45, 2.75) is 5.51 Å². The highest BCUT2D eigenvalue weighted by Crippen LogP contribution is 2.55. The van der Waals surface area contributed by atoms with Crippen LogP contribution in [0.25, 0.3) is 0 Å². The summed E-state index contributed by atoms with van der Waals surface area (Å²) in [5.41, 5.74) is -4.40. The second-order valence-corrected chi connectivity index (χ2v) is 5.38. The van der Waals surface area contributed by atoms with Crippen LogP contribution in [0.4, 0.5) is 13.2 Å². The predicted octanol–water partition coefficient (Wildman–Crippen LogP) is 1.24. The molecule has 0 aliphatic carbocycles. The van der Waals surface area contributed by atoms with Gasteiger partial charge in [-0.2, -0.15) is 13.2 Å². The van der Waals surface area contributed by atoms with E-state index in [4.69, 9.17) is 5.11 Å². The van der Waals surface area contributed by atoms with E-state index in [-0.39, 0.29) is 0 Å². The Balaban J connectivity index is 4.33. The van der Waals surface area contributed by atoms with Crippen molar-refractivity contribution in [1.82, 2.24) is 4.13 Å². The quantitative estimate of drug-likeness (QED) is 0.579. The SMILES string of the molecule is CS(CO)(NS)C(F)(F)F. The molecule has 0 aliphatic heterocycles. The molecule has 0 saturated heterocycles. The van der Waals surface area contributed by atoms with E-state index in [9.17, 15) is 13.2 Å². The third-order valence-corrected chi connectivity index (χ3v) is 4.12. The Morgan fingerprint density at radius 2 is 2.00 bits per heavy atom. The Morgan fingerprint density at radius 1 is 1.60 bits per heavy atom. The summed E-state index contributed by atoms with van der Waals surface area (Å²) in [6, 6.07) is 0. The van der Waals surface area contributed by atoms with Gasteiger partial charge in [0.25, 0.3) is 0 Å². The minimum Gasteiger partial charge on any atom is -0.386 e. The van der Waals surface area contributed by atoms with Crippen molar-refractivity contribution in [3.63, 3.8) is 0 Å². The molecular formula is C3H8F3NOS2. The summed E-state index contributed by atoms with van der Waals surface area (Å²) in [5, 5.41) is 8.33. The van der Waals surface area contributed by atoms with Crippen LogP contribution in [0.1, 0.15) is 0 Å². The molecule has 2 N–H and O–H groups in total. The van der Waals surface area contributed by atoms with Crippen LogP contribution in [0.3, 0.4) is 0 Å². The van der Waals surface area contributed by atoms with Crippen LogP contribution in [0.5, 0.6) is 0 Å². The highest BCUT2D eigenvalue weighted by Gasteiger charge is 2.45. The van der Waals surface area contributed by atoms with E-state index in [2.05, 4.69) is 12.8 Å². The Morgan fingerprint density at radius 3 is 2.00 bits per heavy atom. The third-order valence-electron chi connectivity index (χ3n) is 0.971. The number of thiol groups is 1. The lowest BCUT2D eigenvalue weighted by Gasteiger charge is -2.33. The van der Waals surface area contributed by atoms with Crippen LogP contribution in [0.15, 0.2) is 0 Å². The number of hydrogen-bond donors (Lipinski definition) is 3. The Kier molecular flexibility index (Phi) is 3.34. The average Bonchev–Trinajstić information content (AvgIpc) is 1.84. The van der Waals surface area contributed by atoms with Crippen molar-refractivity contribution in [2.75, 3.05) is 12.2 Å². The molecule has 0 heterocycles. The van der Waals surface area contributed by atoms with Crippen molar-refractivity contribution in [1.29, 1.82) is 0 Å². The van der Waals surface area contributed by atoms with E-state index in [0.29, 0.717) is 0 Å². The first-order valence-electron chi connectivity index (χ1n) is 2.21. The van der Waals surface area contributed by atoms with Gasteiger partial charge >= 0.3 is 5.51 Å². The van der Waals surface area contributed by atoms with Crippen molar-refractivity contribution in [3.05, 3.63) is 0 Å². The predicted molar refractivity (Wildman–Crippen MR) is 38.8 cm³/mol. The fraction of sp³-hybridized carbons (Fsp3) is 1.00. The first-order valence-corrected chi connectivity index (χ1v) is 4.87. The van der Waals surface area contributed by atoms with Gasteiger partial charge < -0.3 is 5.11 Å². The number of nitrogens with one attached hydrogen (secondary N) is 1. The van der Waals surface area contributed by atoms with Gasteiger partial charge in [0.2, 0.25) is 0 Å². The third kappa shape index (κ3) is 1.94. The highest BCUT2D eigenvalue weighted by atomic mass is 32.3. The van der Waals surface area contributed by atoms with E-state index in [1.54, 1.807) is 4.13 Å². The molecule has 0 amide bonds. The number of aliphatic hydroxyl groups is 1. The Labute approximate surface area is 63.8 Å². The molecule has 1 unspecified atom stereocenters. The van der Waals surface area contributed by atoms with E-state index in [1.165, 1.54) is 0 Å². The summed E-state index contributed by atoms with van der Waals surface area (Å²) in [6.45, 7) is 0. The zero-order valence-electron chi connectivity index (χ0n) is 5.14. The van der Waals surface area contributed by atoms with Crippen molar-refractivity contribution < 1.29 is 18.3 Å². The van der Waals surface area contributed by atoms with E-state index >= 15 is 0 Å². The normalized spacial score (nSPS) is 21.8. The standard InChI is InChI=1S/C3H8F3NOS2/c1-10(2-8,7-9)3(4,5)6/h7-9H,2H2,1H3. The topological polar surface area (TPSA) is 32.3 Å². The maximum Gasteiger partial charge on any atom is 0.439 e. The van der Waals surface area contributed by atoms with E-state index < -0.39 is 21.7 Å². The first-order chi connectivity index (χ1) is 4.37. The fourth-order valence-electron chi connectivity index (χ4n) is 0.154. The summed E-state index contributed by atoms with van der Waals surface area (Å²) >= 11 is 3.28. The fourth-order valence-corrected chi connectivity index (χ4v) is 0.945. The minimum absolute atomic E-state index is 0.903. The smallest absolute Gasteiger partial charge is 0.386 e. The second kappa shape index (κ2) is 3.21. The zero-order valence-corrected chi connectivity index (χ0v) is 6.85. The second-order valence-electron chi connectivity index (χ2n) is 1.75. The molecular weight excluding hydrogens is 187 g/mol. The van der Waals surface area contributed by atoms with Crippen LogP contribution < -0.4 is 4.13 Å². The minimum atomic E-state index is -4.40. The highest BCUT2D eigenvalue weighted by molar-refractivity contribution is 8.35. The largest absolute Gasteiger partial charge is 0.439 e. The van der Waals surface area contributed by atoms with E-state index in [0.717, 1.165) is 6.26 Å². The lowest BCUT2D eigenvalue weighted by Crippen LogP contribution is -2.29.